The molecule has 0 radical (unpaired) electrons. The molecule has 7 heteroatoms. The van der Waals surface area contributed by atoms with Gasteiger partial charge in [0.25, 0.3) is 0 Å². The summed E-state index contributed by atoms with van der Waals surface area (Å²) >= 11 is 0. The Bertz CT molecular complexity index is 819. The van der Waals surface area contributed by atoms with E-state index in [0.717, 1.165) is 36.6 Å². The molecule has 1 fully saturated rings. The number of hydrogen-bond acceptors (Lipinski definition) is 6. The van der Waals surface area contributed by atoms with Gasteiger partial charge in [0.2, 0.25) is 5.89 Å². The Morgan fingerprint density at radius 2 is 1.96 bits per heavy atom. The molecular formula is C19H24N6O. The summed E-state index contributed by atoms with van der Waals surface area (Å²) in [6, 6.07) is 10.5. The monoisotopic (exact) mass is 352 g/mol. The minimum Gasteiger partial charge on any atom is -0.444 e. The first-order chi connectivity index (χ1) is 12.8. The van der Waals surface area contributed by atoms with Crippen LogP contribution in [0.5, 0.6) is 0 Å². The van der Waals surface area contributed by atoms with E-state index in [1.807, 2.05) is 36.5 Å². The molecule has 1 N–H and O–H groups in total. The summed E-state index contributed by atoms with van der Waals surface area (Å²) in [5.41, 5.74) is 2.76. The normalized spacial score (nSPS) is 16.2. The van der Waals surface area contributed by atoms with Crippen LogP contribution in [0.1, 0.15) is 24.2 Å². The fourth-order valence-corrected chi connectivity index (χ4v) is 3.22. The molecule has 7 nitrogen and oxygen atoms in total. The highest BCUT2D eigenvalue weighted by Crippen LogP contribution is 2.18. The molecule has 0 aliphatic carbocycles. The van der Waals surface area contributed by atoms with Crippen LogP contribution in [-0.2, 0) is 13.1 Å². The molecule has 0 unspecified atom stereocenters. The number of nitrogens with one attached hydrogen (secondary N) is 1. The van der Waals surface area contributed by atoms with Crippen LogP contribution >= 0.6 is 0 Å². The molecule has 0 atom stereocenters. The molecular weight excluding hydrogens is 328 g/mol. The van der Waals surface area contributed by atoms with E-state index in [-0.39, 0.29) is 0 Å². The van der Waals surface area contributed by atoms with E-state index in [4.69, 9.17) is 4.42 Å². The molecule has 136 valence electrons. The maximum Gasteiger partial charge on any atom is 0.226 e. The maximum absolute atomic E-state index is 5.58. The van der Waals surface area contributed by atoms with Gasteiger partial charge in [-0.15, -0.1) is 5.10 Å². The minimum absolute atomic E-state index is 0.553. The molecule has 3 aromatic rings. The highest BCUT2D eigenvalue weighted by molar-refractivity contribution is 5.52. The third-order valence-corrected chi connectivity index (χ3v) is 4.77. The SMILES string of the molecule is CN1CCC(NCc2cn(Cc3coc(-c4ccccc4)n3)nn2)CC1. The van der Waals surface area contributed by atoms with Crippen molar-refractivity contribution >= 4 is 0 Å². The Hall–Kier alpha value is -2.51. The fourth-order valence-electron chi connectivity index (χ4n) is 3.22. The van der Waals surface area contributed by atoms with Gasteiger partial charge >= 0.3 is 0 Å². The predicted octanol–water partition coefficient (Wildman–Crippen LogP) is 2.17. The molecule has 1 saturated heterocycles. The number of hydrogen-bond donors (Lipinski definition) is 1. The lowest BCUT2D eigenvalue weighted by Crippen LogP contribution is -2.40. The highest BCUT2D eigenvalue weighted by Gasteiger charge is 2.16. The summed E-state index contributed by atoms with van der Waals surface area (Å²) < 4.78 is 7.38. The number of aromatic nitrogens is 4. The Balaban J connectivity index is 1.32. The van der Waals surface area contributed by atoms with Crippen LogP contribution in [0.2, 0.25) is 0 Å². The molecule has 0 spiro atoms. The summed E-state index contributed by atoms with van der Waals surface area (Å²) in [5, 5.41) is 12.0. The second-order valence-corrected chi connectivity index (χ2v) is 6.88. The van der Waals surface area contributed by atoms with Crippen molar-refractivity contribution in [1.29, 1.82) is 0 Å². The molecule has 0 amide bonds. The van der Waals surface area contributed by atoms with Crippen molar-refractivity contribution in [3.8, 4) is 11.5 Å². The van der Waals surface area contributed by atoms with Gasteiger partial charge in [0, 0.05) is 18.2 Å². The Morgan fingerprint density at radius 1 is 1.15 bits per heavy atom. The van der Waals surface area contributed by atoms with Gasteiger partial charge in [-0.3, -0.25) is 0 Å². The molecule has 1 aliphatic heterocycles. The summed E-state index contributed by atoms with van der Waals surface area (Å²) in [5.74, 6) is 0.630. The molecule has 26 heavy (non-hydrogen) atoms. The van der Waals surface area contributed by atoms with E-state index in [0.29, 0.717) is 18.5 Å². The van der Waals surface area contributed by atoms with Crippen LogP contribution in [0.3, 0.4) is 0 Å². The van der Waals surface area contributed by atoms with Gasteiger partial charge in [0.1, 0.15) is 12.0 Å². The molecule has 1 aliphatic rings. The van der Waals surface area contributed by atoms with E-state index in [9.17, 15) is 0 Å². The first-order valence-corrected chi connectivity index (χ1v) is 9.07. The summed E-state index contributed by atoms with van der Waals surface area (Å²) in [4.78, 5) is 6.91. The van der Waals surface area contributed by atoms with Gasteiger partial charge in [-0.05, 0) is 45.1 Å². The zero-order valence-electron chi connectivity index (χ0n) is 15.0. The summed E-state index contributed by atoms with van der Waals surface area (Å²) in [7, 11) is 2.18. The van der Waals surface area contributed by atoms with Gasteiger partial charge in [-0.25, -0.2) is 9.67 Å². The Morgan fingerprint density at radius 3 is 2.77 bits per heavy atom. The summed E-state index contributed by atoms with van der Waals surface area (Å²) in [6.45, 7) is 3.61. The van der Waals surface area contributed by atoms with Gasteiger partial charge in [-0.1, -0.05) is 23.4 Å². The first kappa shape index (κ1) is 16.9. The van der Waals surface area contributed by atoms with Crippen LogP contribution in [0.25, 0.3) is 11.5 Å². The third-order valence-electron chi connectivity index (χ3n) is 4.77. The van der Waals surface area contributed by atoms with E-state index in [2.05, 4.69) is 32.6 Å². The van der Waals surface area contributed by atoms with E-state index >= 15 is 0 Å². The van der Waals surface area contributed by atoms with Crippen molar-refractivity contribution in [2.45, 2.75) is 32.0 Å². The van der Waals surface area contributed by atoms with E-state index in [1.165, 1.54) is 12.8 Å². The third kappa shape index (κ3) is 4.17. The molecule has 0 saturated carbocycles. The van der Waals surface area contributed by atoms with Crippen LogP contribution in [0.4, 0.5) is 0 Å². The smallest absolute Gasteiger partial charge is 0.226 e. The van der Waals surface area contributed by atoms with Gasteiger partial charge in [-0.2, -0.15) is 0 Å². The van der Waals surface area contributed by atoms with E-state index < -0.39 is 0 Å². The minimum atomic E-state index is 0.553. The zero-order chi connectivity index (χ0) is 17.8. The van der Waals surface area contributed by atoms with Crippen molar-refractivity contribution in [2.24, 2.45) is 0 Å². The number of rotatable bonds is 6. The average molecular weight is 352 g/mol. The first-order valence-electron chi connectivity index (χ1n) is 9.07. The van der Waals surface area contributed by atoms with Gasteiger partial charge < -0.3 is 14.6 Å². The van der Waals surface area contributed by atoms with Crippen molar-refractivity contribution < 1.29 is 4.42 Å². The van der Waals surface area contributed by atoms with Crippen molar-refractivity contribution in [1.82, 2.24) is 30.2 Å². The zero-order valence-corrected chi connectivity index (χ0v) is 15.0. The topological polar surface area (TPSA) is 72.0 Å². The van der Waals surface area contributed by atoms with Crippen molar-refractivity contribution in [3.05, 3.63) is 54.2 Å². The Kier molecular flexibility index (Phi) is 5.08. The molecule has 2 aromatic heterocycles. The number of oxazole rings is 1. The molecule has 3 heterocycles. The maximum atomic E-state index is 5.58. The number of piperidine rings is 1. The lowest BCUT2D eigenvalue weighted by Gasteiger charge is -2.29. The van der Waals surface area contributed by atoms with Crippen LogP contribution in [0, 0.1) is 0 Å². The van der Waals surface area contributed by atoms with Crippen LogP contribution in [0.15, 0.2) is 47.2 Å². The highest BCUT2D eigenvalue weighted by atomic mass is 16.3. The number of likely N-dealkylation sites (tertiary alicyclic amines) is 1. The largest absolute Gasteiger partial charge is 0.444 e. The average Bonchev–Trinajstić information content (AvgIpc) is 3.32. The number of nitrogens with zero attached hydrogens (tertiary/aromatic N) is 5. The van der Waals surface area contributed by atoms with Gasteiger partial charge in [0.15, 0.2) is 0 Å². The number of benzene rings is 1. The van der Waals surface area contributed by atoms with Gasteiger partial charge in [0.05, 0.1) is 18.4 Å². The molecule has 1 aromatic carbocycles. The Labute approximate surface area is 153 Å². The standard InChI is InChI=1S/C19H24N6O/c1-24-9-7-16(8-10-24)20-11-17-12-25(23-22-17)13-18-14-26-19(21-18)15-5-3-2-4-6-15/h2-6,12,14,16,20H,7-11,13H2,1H3. The predicted molar refractivity (Wildman–Crippen MR) is 98.4 cm³/mol. The van der Waals surface area contributed by atoms with Crippen LogP contribution in [-0.4, -0.2) is 51.1 Å². The van der Waals surface area contributed by atoms with Crippen molar-refractivity contribution in [2.75, 3.05) is 20.1 Å². The summed E-state index contributed by atoms with van der Waals surface area (Å²) in [6.07, 6.45) is 6.02. The lowest BCUT2D eigenvalue weighted by atomic mass is 10.1. The second kappa shape index (κ2) is 7.80. The van der Waals surface area contributed by atoms with Crippen LogP contribution < -0.4 is 5.32 Å². The molecule has 4 rings (SSSR count). The van der Waals surface area contributed by atoms with Crippen molar-refractivity contribution in [3.63, 3.8) is 0 Å². The quantitative estimate of drug-likeness (QED) is 0.733. The van der Waals surface area contributed by atoms with E-state index in [1.54, 1.807) is 10.9 Å². The second-order valence-electron chi connectivity index (χ2n) is 6.88. The fraction of sp³-hybridized carbons (Fsp3) is 0.421. The lowest BCUT2D eigenvalue weighted by molar-refractivity contribution is 0.233. The molecule has 0 bridgehead atoms.